The topological polar surface area (TPSA) is 65.0 Å². The Bertz CT molecular complexity index is 505. The average Bonchev–Trinajstić information content (AvgIpc) is 3.18. The van der Waals surface area contributed by atoms with Crippen LogP contribution in [0.25, 0.3) is 0 Å². The highest BCUT2D eigenvalue weighted by molar-refractivity contribution is 5.71. The van der Waals surface area contributed by atoms with Gasteiger partial charge in [0.05, 0.1) is 27.2 Å². The smallest absolute Gasteiger partial charge is 0.304 e. The van der Waals surface area contributed by atoms with Crippen LogP contribution in [0.2, 0.25) is 0 Å². The normalized spacial score (nSPS) is 15.8. The third-order valence-corrected chi connectivity index (χ3v) is 3.82. The maximum atomic E-state index is 11.1. The number of hydrogen-bond acceptors (Lipinski definition) is 4. The van der Waals surface area contributed by atoms with Crippen molar-refractivity contribution >= 4 is 5.97 Å². The van der Waals surface area contributed by atoms with Gasteiger partial charge < -0.3 is 19.3 Å². The molecule has 0 bridgehead atoms. The lowest BCUT2D eigenvalue weighted by molar-refractivity contribution is -0.137. The first kappa shape index (κ1) is 14.7. The molecule has 1 saturated carbocycles. The van der Waals surface area contributed by atoms with Gasteiger partial charge in [-0.25, -0.2) is 0 Å². The van der Waals surface area contributed by atoms with Crippen molar-refractivity contribution in [3.8, 4) is 11.5 Å². The molecule has 1 aliphatic carbocycles. The maximum absolute atomic E-state index is 11.1. The van der Waals surface area contributed by atoms with Crippen molar-refractivity contribution in [2.45, 2.75) is 31.3 Å². The van der Waals surface area contributed by atoms with E-state index < -0.39 is 5.97 Å². The van der Waals surface area contributed by atoms with Crippen LogP contribution in [0.3, 0.4) is 0 Å². The quantitative estimate of drug-likeness (QED) is 0.830. The van der Waals surface area contributed by atoms with Gasteiger partial charge in [-0.15, -0.1) is 0 Å². The van der Waals surface area contributed by atoms with Gasteiger partial charge in [0.2, 0.25) is 0 Å². The zero-order valence-corrected chi connectivity index (χ0v) is 12.1. The first-order valence-corrected chi connectivity index (χ1v) is 6.53. The van der Waals surface area contributed by atoms with E-state index in [4.69, 9.17) is 19.3 Å². The number of aliphatic carboxylic acids is 1. The molecule has 1 aromatic rings. The molecule has 0 aliphatic heterocycles. The average molecular weight is 280 g/mol. The van der Waals surface area contributed by atoms with E-state index in [2.05, 4.69) is 0 Å². The number of rotatable bonds is 7. The summed E-state index contributed by atoms with van der Waals surface area (Å²) in [5, 5.41) is 9.09. The van der Waals surface area contributed by atoms with Crippen LogP contribution < -0.4 is 9.47 Å². The third-order valence-electron chi connectivity index (χ3n) is 3.82. The number of hydrogen-bond donors (Lipinski definition) is 1. The second-order valence-electron chi connectivity index (χ2n) is 5.12. The van der Waals surface area contributed by atoms with Crippen molar-refractivity contribution in [2.24, 2.45) is 0 Å². The zero-order valence-electron chi connectivity index (χ0n) is 12.1. The number of benzene rings is 1. The van der Waals surface area contributed by atoms with Crippen LogP contribution in [0.15, 0.2) is 12.1 Å². The van der Waals surface area contributed by atoms with E-state index in [9.17, 15) is 4.79 Å². The Morgan fingerprint density at radius 3 is 2.30 bits per heavy atom. The summed E-state index contributed by atoms with van der Waals surface area (Å²) < 4.78 is 16.1. The lowest BCUT2D eigenvalue weighted by Crippen LogP contribution is -2.15. The number of carboxylic acids is 1. The standard InChI is InChI=1S/C15H20O5/c1-18-9-10-4-5-11(14(20-3)13(10)19-2)15(6-7-15)8-12(16)17/h4-5H,6-9H2,1-3H3,(H,16,17). The molecule has 0 heterocycles. The minimum absolute atomic E-state index is 0.121. The molecule has 5 nitrogen and oxygen atoms in total. The van der Waals surface area contributed by atoms with Gasteiger partial charge in [-0.2, -0.15) is 0 Å². The van der Waals surface area contributed by atoms with Crippen LogP contribution >= 0.6 is 0 Å². The van der Waals surface area contributed by atoms with Crippen molar-refractivity contribution < 1.29 is 24.1 Å². The summed E-state index contributed by atoms with van der Waals surface area (Å²) in [7, 11) is 4.78. The summed E-state index contributed by atoms with van der Waals surface area (Å²) in [6.45, 7) is 0.422. The Balaban J connectivity index is 2.46. The largest absolute Gasteiger partial charge is 0.493 e. The molecule has 2 rings (SSSR count). The zero-order chi connectivity index (χ0) is 14.8. The molecule has 0 amide bonds. The highest BCUT2D eigenvalue weighted by Crippen LogP contribution is 2.56. The molecule has 5 heteroatoms. The van der Waals surface area contributed by atoms with E-state index in [0.717, 1.165) is 24.0 Å². The summed E-state index contributed by atoms with van der Waals surface area (Å²) >= 11 is 0. The Hall–Kier alpha value is -1.75. The SMILES string of the molecule is COCc1ccc(C2(CC(=O)O)CC2)c(OC)c1OC. The Labute approximate surface area is 118 Å². The summed E-state index contributed by atoms with van der Waals surface area (Å²) in [5.74, 6) is 0.466. The molecule has 0 spiro atoms. The molecule has 0 radical (unpaired) electrons. The predicted molar refractivity (Wildman–Crippen MR) is 73.4 cm³/mol. The Morgan fingerprint density at radius 1 is 1.20 bits per heavy atom. The molecule has 0 aromatic heterocycles. The molecular weight excluding hydrogens is 260 g/mol. The highest BCUT2D eigenvalue weighted by Gasteiger charge is 2.48. The third kappa shape index (κ3) is 2.58. The van der Waals surface area contributed by atoms with Crippen molar-refractivity contribution in [2.75, 3.05) is 21.3 Å². The van der Waals surface area contributed by atoms with Gasteiger partial charge in [-0.05, 0) is 12.8 Å². The number of methoxy groups -OCH3 is 3. The van der Waals surface area contributed by atoms with Crippen LogP contribution in [0.4, 0.5) is 0 Å². The van der Waals surface area contributed by atoms with Crippen LogP contribution in [0, 0.1) is 0 Å². The minimum atomic E-state index is -0.788. The number of ether oxygens (including phenoxy) is 3. The fraction of sp³-hybridized carbons (Fsp3) is 0.533. The molecule has 0 atom stereocenters. The first-order valence-electron chi connectivity index (χ1n) is 6.53. The summed E-state index contributed by atoms with van der Waals surface area (Å²) in [4.78, 5) is 11.1. The monoisotopic (exact) mass is 280 g/mol. The van der Waals surface area contributed by atoms with Gasteiger partial charge in [-0.1, -0.05) is 12.1 Å². The molecule has 1 N–H and O–H groups in total. The van der Waals surface area contributed by atoms with E-state index in [1.54, 1.807) is 21.3 Å². The minimum Gasteiger partial charge on any atom is -0.493 e. The van der Waals surface area contributed by atoms with Crippen molar-refractivity contribution in [1.29, 1.82) is 0 Å². The number of carbonyl (C=O) groups is 1. The van der Waals surface area contributed by atoms with Crippen LogP contribution in [0.5, 0.6) is 11.5 Å². The molecule has 20 heavy (non-hydrogen) atoms. The summed E-state index contributed by atoms with van der Waals surface area (Å²) in [6, 6.07) is 3.85. The molecule has 1 fully saturated rings. The molecule has 1 aromatic carbocycles. The van der Waals surface area contributed by atoms with E-state index in [0.29, 0.717) is 18.1 Å². The van der Waals surface area contributed by atoms with Gasteiger partial charge >= 0.3 is 5.97 Å². The second-order valence-corrected chi connectivity index (χ2v) is 5.12. The van der Waals surface area contributed by atoms with Crippen molar-refractivity contribution in [3.05, 3.63) is 23.3 Å². The molecular formula is C15H20O5. The van der Waals surface area contributed by atoms with E-state index >= 15 is 0 Å². The van der Waals surface area contributed by atoms with Crippen molar-refractivity contribution in [1.82, 2.24) is 0 Å². The van der Waals surface area contributed by atoms with Gasteiger partial charge in [-0.3, -0.25) is 4.79 Å². The molecule has 0 unspecified atom stereocenters. The van der Waals surface area contributed by atoms with E-state index in [1.807, 2.05) is 12.1 Å². The lowest BCUT2D eigenvalue weighted by atomic mass is 9.90. The van der Waals surface area contributed by atoms with Crippen molar-refractivity contribution in [3.63, 3.8) is 0 Å². The van der Waals surface area contributed by atoms with Gasteiger partial charge in [0, 0.05) is 23.7 Å². The van der Waals surface area contributed by atoms with Crippen LogP contribution in [0.1, 0.15) is 30.4 Å². The van der Waals surface area contributed by atoms with Crippen LogP contribution in [-0.4, -0.2) is 32.4 Å². The van der Waals surface area contributed by atoms with E-state index in [-0.39, 0.29) is 11.8 Å². The maximum Gasteiger partial charge on any atom is 0.304 e. The summed E-state index contributed by atoms with van der Waals surface area (Å²) in [5.41, 5.74) is 1.50. The molecule has 110 valence electrons. The fourth-order valence-electron chi connectivity index (χ4n) is 2.70. The second kappa shape index (κ2) is 5.71. The van der Waals surface area contributed by atoms with E-state index in [1.165, 1.54) is 0 Å². The first-order chi connectivity index (χ1) is 9.57. The fourth-order valence-corrected chi connectivity index (χ4v) is 2.70. The Morgan fingerprint density at radius 2 is 1.85 bits per heavy atom. The van der Waals surface area contributed by atoms with Gasteiger partial charge in [0.1, 0.15) is 0 Å². The number of carboxylic acid groups (broad SMARTS) is 1. The Kier molecular flexibility index (Phi) is 4.18. The molecule has 0 saturated heterocycles. The van der Waals surface area contributed by atoms with Crippen LogP contribution in [-0.2, 0) is 21.6 Å². The highest BCUT2D eigenvalue weighted by atomic mass is 16.5. The molecule has 1 aliphatic rings. The predicted octanol–water partition coefficient (Wildman–Crippen LogP) is 2.36. The van der Waals surface area contributed by atoms with Gasteiger partial charge in [0.25, 0.3) is 0 Å². The lowest BCUT2D eigenvalue weighted by Gasteiger charge is -2.21. The summed E-state index contributed by atoms with van der Waals surface area (Å²) in [6.07, 6.45) is 1.85. The van der Waals surface area contributed by atoms with Gasteiger partial charge in [0.15, 0.2) is 11.5 Å².